The van der Waals surface area contributed by atoms with Gasteiger partial charge in [0.1, 0.15) is 38.4 Å². The number of thiazole rings is 1. The summed E-state index contributed by atoms with van der Waals surface area (Å²) in [5, 5.41) is 1.26. The zero-order valence-corrected chi connectivity index (χ0v) is 55.5. The van der Waals surface area contributed by atoms with E-state index in [9.17, 15) is 0 Å². The molecule has 103 heavy (non-hydrogen) atoms. The van der Waals surface area contributed by atoms with Gasteiger partial charge < -0.3 is 4.42 Å². The number of hydrogen-bond donors (Lipinski definition) is 0. The second-order valence-electron chi connectivity index (χ2n) is 25.7. The number of para-hydroxylation sites is 1. The van der Waals surface area contributed by atoms with Crippen LogP contribution in [0.1, 0.15) is 32.6 Å². The molecule has 20 aromatic heterocycles. The first-order valence-corrected chi connectivity index (χ1v) is 34.5. The van der Waals surface area contributed by atoms with Crippen molar-refractivity contribution in [2.75, 3.05) is 0 Å². The van der Waals surface area contributed by atoms with Crippen LogP contribution in [0.15, 0.2) is 248 Å². The van der Waals surface area contributed by atoms with E-state index in [-0.39, 0.29) is 0 Å². The largest absolute Gasteiger partial charge is 0.396 e. The minimum atomic E-state index is -2.31. The summed E-state index contributed by atoms with van der Waals surface area (Å²) in [6.45, 7) is 1.36. The van der Waals surface area contributed by atoms with Gasteiger partial charge in [-0.05, 0) is 131 Å². The van der Waals surface area contributed by atoms with Crippen LogP contribution in [-0.2, 0) is 46.7 Å². The molecule has 0 saturated carbocycles. The van der Waals surface area contributed by atoms with E-state index in [1.807, 2.05) is 190 Å². The Morgan fingerprint density at radius 1 is 0.379 bits per heavy atom. The summed E-state index contributed by atoms with van der Waals surface area (Å²) in [5.74, 6) is 3.82. The maximum atomic E-state index is 7.97. The molecule has 0 bridgehead atoms. The SMILES string of the molecule is Cn1c2[n+](c3c1nc1ccccn13)Cc1ncccc1-2.[2H]C([2H])([2H])n1c2[n+](c3c1nc1ccccn13)Cc1ncccc1-2.c1ccc(-n2c3[n+](c4nc5ccccn5c42)Cc2ncccc2-3)cc1.c1cnc2c(c1)-c1oc3c(nc4ccccn43)[n+]1C2.c1cnc2c(c1)-c1sc3c(nc4ccccn43)[n+]1C2. The molecule has 0 spiro atoms. The molecular formula is C78H56N23OS+5. The van der Waals surface area contributed by atoms with Gasteiger partial charge in [0.25, 0.3) is 39.5 Å². The van der Waals surface area contributed by atoms with Crippen LogP contribution in [0.2, 0.25) is 0 Å². The molecule has 1 aromatic carbocycles. The predicted octanol–water partition coefficient (Wildman–Crippen LogP) is 10.1. The summed E-state index contributed by atoms with van der Waals surface area (Å²) in [6.07, 6.45) is 19.2. The van der Waals surface area contributed by atoms with Gasteiger partial charge in [-0.1, -0.05) is 64.9 Å². The zero-order valence-electron chi connectivity index (χ0n) is 57.7. The molecule has 0 unspecified atom stereocenters. The first-order valence-electron chi connectivity index (χ1n) is 35.2. The Hall–Kier alpha value is -13.8. The van der Waals surface area contributed by atoms with Crippen molar-refractivity contribution in [3.05, 3.63) is 272 Å². The van der Waals surface area contributed by atoms with Gasteiger partial charge in [-0.3, -0.25) is 33.7 Å². The molecule has 26 rings (SSSR count). The van der Waals surface area contributed by atoms with Crippen LogP contribution in [0, 0.1) is 0 Å². The topological polar surface area (TPSA) is 198 Å². The van der Waals surface area contributed by atoms with Gasteiger partial charge in [-0.2, -0.15) is 14.5 Å². The average Bonchev–Trinajstić information content (AvgIpc) is 1.57. The van der Waals surface area contributed by atoms with Gasteiger partial charge in [0.05, 0.1) is 86.8 Å². The number of rotatable bonds is 1. The normalized spacial score (nSPS) is 13.5. The Labute approximate surface area is 590 Å². The Morgan fingerprint density at radius 2 is 0.816 bits per heavy atom. The molecule has 5 aliphatic rings. The Bertz CT molecular complexity index is 7090. The second-order valence-corrected chi connectivity index (χ2v) is 26.6. The highest BCUT2D eigenvalue weighted by Gasteiger charge is 2.40. The summed E-state index contributed by atoms with van der Waals surface area (Å²) >= 11 is 1.79. The van der Waals surface area contributed by atoms with Crippen molar-refractivity contribution in [1.82, 2.24) is 85.5 Å². The lowest BCUT2D eigenvalue weighted by atomic mass is 10.2. The lowest BCUT2D eigenvalue weighted by Crippen LogP contribution is -2.32. The van der Waals surface area contributed by atoms with E-state index in [2.05, 4.69) is 144 Å². The van der Waals surface area contributed by atoms with Crippen LogP contribution in [0.25, 0.3) is 146 Å². The maximum Gasteiger partial charge on any atom is 0.390 e. The first-order chi connectivity index (χ1) is 52.1. The van der Waals surface area contributed by atoms with E-state index in [1.54, 1.807) is 17.5 Å². The number of oxazole rings is 1. The standard InChI is InChI=1S/C20H14N5.2C15H12N5.C14H9N4O.C14H9N4S/c1-2-7-14(8-3-1)25-19-15-9-6-11-21-16(15)13-24(19)18-20(25)23-12-5-4-10-17(23)22-18;2*1-18-13-15(19-8-3-2-6-12(19)17-13)20-9-11-10(14(18)20)5-4-7-16-11;2*1-2-7-17-11(5-1)16-12-14(17)19-13-9-4-3-6-15-10(9)8-18(12)13/h1-12H,13H2;2*2-8H,9H2,1H3;2*1-7H,8H2/q5*+1/i;1D3;;;. The van der Waals surface area contributed by atoms with E-state index in [4.69, 9.17) is 23.5 Å². The van der Waals surface area contributed by atoms with Crippen molar-refractivity contribution in [1.29, 1.82) is 0 Å². The van der Waals surface area contributed by atoms with Crippen LogP contribution < -0.4 is 22.8 Å². The summed E-state index contributed by atoms with van der Waals surface area (Å²) < 4.78 is 57.0. The third kappa shape index (κ3) is 8.35. The minimum absolute atomic E-state index is 0.473. The Kier molecular flexibility index (Phi) is 11.5. The van der Waals surface area contributed by atoms with Gasteiger partial charge in [0.15, 0.2) is 16.3 Å². The quantitative estimate of drug-likeness (QED) is 0.142. The first kappa shape index (κ1) is 54.1. The van der Waals surface area contributed by atoms with Crippen molar-refractivity contribution in [2.24, 2.45) is 14.0 Å². The van der Waals surface area contributed by atoms with Crippen LogP contribution in [-0.4, -0.2) is 85.5 Å². The Balaban J connectivity index is 0.0000000830. The van der Waals surface area contributed by atoms with Crippen LogP contribution in [0.3, 0.4) is 0 Å². The van der Waals surface area contributed by atoms with Crippen LogP contribution >= 0.6 is 11.3 Å². The van der Waals surface area contributed by atoms with Gasteiger partial charge in [-0.15, -0.1) is 0 Å². The van der Waals surface area contributed by atoms with Gasteiger partial charge in [-0.25, -0.2) is 45.2 Å². The van der Waals surface area contributed by atoms with E-state index >= 15 is 0 Å². The van der Waals surface area contributed by atoms with Crippen molar-refractivity contribution >= 4 is 95.3 Å². The molecular weight excluding hydrogens is 1310 g/mol. The number of hydrogen-bond acceptors (Lipinski definition) is 12. The molecule has 24 nitrogen and oxygen atoms in total. The summed E-state index contributed by atoms with van der Waals surface area (Å²) in [4.78, 5) is 47.1. The molecule has 0 radical (unpaired) electrons. The maximum absolute atomic E-state index is 7.97. The molecule has 490 valence electrons. The fraction of sp³-hybridized carbons (Fsp3) is 0.0897. The fourth-order valence-electron chi connectivity index (χ4n) is 15.5. The molecule has 0 saturated heterocycles. The van der Waals surface area contributed by atoms with Crippen LogP contribution in [0.5, 0.6) is 0 Å². The fourth-order valence-corrected chi connectivity index (χ4v) is 16.8. The predicted molar refractivity (Wildman–Crippen MR) is 384 cm³/mol. The number of fused-ring (bicyclic) bond motifs is 35. The molecule has 25 heteroatoms. The van der Waals surface area contributed by atoms with Gasteiger partial charge in [0.2, 0.25) is 28.0 Å². The highest BCUT2D eigenvalue weighted by Crippen LogP contribution is 2.38. The highest BCUT2D eigenvalue weighted by molar-refractivity contribution is 7.20. The molecule has 25 heterocycles. The van der Waals surface area contributed by atoms with E-state index in [0.29, 0.717) is 18.0 Å². The van der Waals surface area contributed by atoms with E-state index < -0.39 is 6.98 Å². The number of imidazole rings is 8. The molecule has 5 aliphatic heterocycles. The van der Waals surface area contributed by atoms with E-state index in [1.165, 1.54) is 36.9 Å². The van der Waals surface area contributed by atoms with Crippen molar-refractivity contribution in [2.45, 2.75) is 32.7 Å². The van der Waals surface area contributed by atoms with Crippen molar-refractivity contribution < 1.29 is 31.4 Å². The van der Waals surface area contributed by atoms with Gasteiger partial charge in [0, 0.05) is 61.7 Å². The lowest BCUT2D eigenvalue weighted by Gasteiger charge is -2.04. The average molecular weight is 1370 g/mol. The van der Waals surface area contributed by atoms with Crippen molar-refractivity contribution in [3.63, 3.8) is 0 Å². The molecule has 0 atom stereocenters. The lowest BCUT2D eigenvalue weighted by molar-refractivity contribution is -0.651. The number of benzene rings is 1. The summed E-state index contributed by atoms with van der Waals surface area (Å²) in [5.41, 5.74) is 24.7. The third-order valence-electron chi connectivity index (χ3n) is 20.0. The number of aromatic nitrogens is 23. The zero-order chi connectivity index (χ0) is 70.2. The minimum Gasteiger partial charge on any atom is -0.396 e. The summed E-state index contributed by atoms with van der Waals surface area (Å²) in [7, 11) is 2.07. The molecule has 0 N–H and O–H groups in total. The third-order valence-corrected chi connectivity index (χ3v) is 21.2. The smallest absolute Gasteiger partial charge is 0.390 e. The highest BCUT2D eigenvalue weighted by atomic mass is 32.1. The molecule has 0 fully saturated rings. The molecule has 0 aliphatic carbocycles. The number of aryl methyl sites for hydroxylation is 2. The molecule has 0 amide bonds. The second kappa shape index (κ2) is 21.8. The number of nitrogens with zero attached hydrogens (tertiary/aromatic N) is 23. The Morgan fingerprint density at radius 3 is 1.43 bits per heavy atom. The van der Waals surface area contributed by atoms with Crippen molar-refractivity contribution in [3.8, 4) is 61.9 Å². The van der Waals surface area contributed by atoms with E-state index in [0.717, 1.165) is 157 Å². The molecule has 21 aromatic rings. The van der Waals surface area contributed by atoms with Crippen LogP contribution in [0.4, 0.5) is 0 Å². The number of pyridine rings is 10. The van der Waals surface area contributed by atoms with Gasteiger partial charge >= 0.3 is 28.5 Å². The monoisotopic (exact) mass is 1370 g/mol. The summed E-state index contributed by atoms with van der Waals surface area (Å²) in [6, 6.07) is 60.5.